The Bertz CT molecular complexity index is 827. The van der Waals surface area contributed by atoms with Crippen LogP contribution in [0.1, 0.15) is 13.8 Å². The molecule has 2 heterocycles. The number of aromatic nitrogens is 1. The molecule has 1 aliphatic heterocycles. The SMILES string of the molecule is CC(C)Nc1ccc([N+](=O)[O-])c(Nc2ccc(N3CCSCC3)c(F)c2)n1. The molecule has 2 aromatic rings. The van der Waals surface area contributed by atoms with Crippen molar-refractivity contribution in [3.63, 3.8) is 0 Å². The summed E-state index contributed by atoms with van der Waals surface area (Å²) in [6.45, 7) is 5.52. The summed E-state index contributed by atoms with van der Waals surface area (Å²) in [6.07, 6.45) is 0. The quantitative estimate of drug-likeness (QED) is 0.563. The largest absolute Gasteiger partial charge is 0.368 e. The van der Waals surface area contributed by atoms with Gasteiger partial charge in [0.25, 0.3) is 0 Å². The van der Waals surface area contributed by atoms with E-state index in [4.69, 9.17) is 0 Å². The lowest BCUT2D eigenvalue weighted by Crippen LogP contribution is -2.33. The van der Waals surface area contributed by atoms with Crippen molar-refractivity contribution in [3.8, 4) is 0 Å². The van der Waals surface area contributed by atoms with E-state index < -0.39 is 4.92 Å². The van der Waals surface area contributed by atoms with Crippen molar-refractivity contribution in [1.29, 1.82) is 0 Å². The highest BCUT2D eigenvalue weighted by atomic mass is 32.2. The Morgan fingerprint density at radius 3 is 2.63 bits per heavy atom. The van der Waals surface area contributed by atoms with Gasteiger partial charge < -0.3 is 15.5 Å². The van der Waals surface area contributed by atoms with E-state index >= 15 is 0 Å². The Kier molecular flexibility index (Phi) is 6.00. The molecule has 1 aliphatic rings. The predicted octanol–water partition coefficient (Wildman–Crippen LogP) is 4.25. The third-order valence-electron chi connectivity index (χ3n) is 4.07. The molecule has 1 aromatic carbocycles. The summed E-state index contributed by atoms with van der Waals surface area (Å²) in [5.41, 5.74) is 0.806. The van der Waals surface area contributed by atoms with Crippen LogP contribution in [0.25, 0.3) is 0 Å². The Labute approximate surface area is 161 Å². The average Bonchev–Trinajstić information content (AvgIpc) is 2.62. The molecule has 7 nitrogen and oxygen atoms in total. The van der Waals surface area contributed by atoms with Crippen molar-refractivity contribution in [3.05, 3.63) is 46.3 Å². The molecule has 0 atom stereocenters. The van der Waals surface area contributed by atoms with E-state index in [1.807, 2.05) is 30.5 Å². The van der Waals surface area contributed by atoms with Crippen molar-refractivity contribution >= 4 is 40.5 Å². The fourth-order valence-electron chi connectivity index (χ4n) is 2.85. The minimum Gasteiger partial charge on any atom is -0.368 e. The van der Waals surface area contributed by atoms with Crippen molar-refractivity contribution in [1.82, 2.24) is 4.98 Å². The number of hydrogen-bond acceptors (Lipinski definition) is 7. The van der Waals surface area contributed by atoms with Gasteiger partial charge >= 0.3 is 5.69 Å². The lowest BCUT2D eigenvalue weighted by Gasteiger charge is -2.29. The van der Waals surface area contributed by atoms with Crippen LogP contribution in [0.3, 0.4) is 0 Å². The van der Waals surface area contributed by atoms with Crippen LogP contribution in [-0.2, 0) is 0 Å². The van der Waals surface area contributed by atoms with Crippen LogP contribution in [0, 0.1) is 15.9 Å². The fourth-order valence-corrected chi connectivity index (χ4v) is 3.75. The van der Waals surface area contributed by atoms with Gasteiger partial charge in [0, 0.05) is 42.4 Å². The van der Waals surface area contributed by atoms with E-state index in [-0.39, 0.29) is 23.4 Å². The van der Waals surface area contributed by atoms with Gasteiger partial charge in [-0.2, -0.15) is 11.8 Å². The molecule has 1 aromatic heterocycles. The maximum absolute atomic E-state index is 14.6. The average molecular weight is 391 g/mol. The molecule has 3 rings (SSSR count). The normalized spacial score (nSPS) is 14.3. The Balaban J connectivity index is 1.85. The molecule has 27 heavy (non-hydrogen) atoms. The second kappa shape index (κ2) is 8.43. The maximum atomic E-state index is 14.6. The van der Waals surface area contributed by atoms with Crippen molar-refractivity contribution in [2.24, 2.45) is 0 Å². The fraction of sp³-hybridized carbons (Fsp3) is 0.389. The van der Waals surface area contributed by atoms with Crippen LogP contribution >= 0.6 is 11.8 Å². The van der Waals surface area contributed by atoms with Gasteiger partial charge in [0.15, 0.2) is 0 Å². The molecular weight excluding hydrogens is 369 g/mol. The van der Waals surface area contributed by atoms with E-state index in [1.165, 1.54) is 12.1 Å². The molecule has 2 N–H and O–H groups in total. The lowest BCUT2D eigenvalue weighted by molar-refractivity contribution is -0.384. The van der Waals surface area contributed by atoms with Crippen LogP contribution in [0.2, 0.25) is 0 Å². The van der Waals surface area contributed by atoms with Gasteiger partial charge in [-0.15, -0.1) is 0 Å². The zero-order valence-corrected chi connectivity index (χ0v) is 16.1. The monoisotopic (exact) mass is 391 g/mol. The van der Waals surface area contributed by atoms with Crippen LogP contribution in [0.15, 0.2) is 30.3 Å². The maximum Gasteiger partial charge on any atom is 0.311 e. The molecule has 0 unspecified atom stereocenters. The molecular formula is C18H22FN5O2S. The first kappa shape index (κ1) is 19.2. The van der Waals surface area contributed by atoms with Crippen molar-refractivity contribution in [2.45, 2.75) is 19.9 Å². The molecule has 0 spiro atoms. The summed E-state index contributed by atoms with van der Waals surface area (Å²) in [5.74, 6) is 2.19. The third-order valence-corrected chi connectivity index (χ3v) is 5.01. The highest BCUT2D eigenvalue weighted by Crippen LogP contribution is 2.30. The van der Waals surface area contributed by atoms with E-state index in [2.05, 4.69) is 15.6 Å². The zero-order chi connectivity index (χ0) is 19.4. The number of hydrogen-bond donors (Lipinski definition) is 2. The molecule has 0 bridgehead atoms. The zero-order valence-electron chi connectivity index (χ0n) is 15.2. The standard InChI is InChI=1S/C18H22FN5O2S/c1-12(2)20-17-6-5-16(24(25)26)18(22-17)21-13-3-4-15(14(19)11-13)23-7-9-27-10-8-23/h3-6,11-12H,7-10H2,1-2H3,(H2,20,21,22). The van der Waals surface area contributed by atoms with Gasteiger partial charge in [-0.25, -0.2) is 9.37 Å². The molecule has 0 radical (unpaired) electrons. The number of nitro groups is 1. The second-order valence-electron chi connectivity index (χ2n) is 6.51. The highest BCUT2D eigenvalue weighted by Gasteiger charge is 2.19. The number of pyridine rings is 1. The van der Waals surface area contributed by atoms with Crippen LogP contribution in [0.5, 0.6) is 0 Å². The minimum absolute atomic E-state index is 0.0761. The number of rotatable bonds is 6. The Morgan fingerprint density at radius 2 is 2.00 bits per heavy atom. The molecule has 0 amide bonds. The van der Waals surface area contributed by atoms with Gasteiger partial charge in [0.1, 0.15) is 11.6 Å². The van der Waals surface area contributed by atoms with Gasteiger partial charge in [-0.1, -0.05) is 0 Å². The minimum atomic E-state index is -0.509. The van der Waals surface area contributed by atoms with Crippen LogP contribution in [0.4, 0.5) is 33.1 Å². The molecule has 144 valence electrons. The van der Waals surface area contributed by atoms with Crippen molar-refractivity contribution in [2.75, 3.05) is 40.1 Å². The van der Waals surface area contributed by atoms with Crippen LogP contribution < -0.4 is 15.5 Å². The smallest absolute Gasteiger partial charge is 0.311 e. The number of thioether (sulfide) groups is 1. The number of benzene rings is 1. The Hall–Kier alpha value is -2.55. The first-order valence-electron chi connectivity index (χ1n) is 8.75. The van der Waals surface area contributed by atoms with E-state index in [1.54, 1.807) is 18.2 Å². The summed E-state index contributed by atoms with van der Waals surface area (Å²) < 4.78 is 14.6. The molecule has 1 saturated heterocycles. The summed E-state index contributed by atoms with van der Waals surface area (Å²) in [7, 11) is 0. The van der Waals surface area contributed by atoms with Crippen LogP contribution in [-0.4, -0.2) is 40.5 Å². The number of nitrogens with one attached hydrogen (secondary N) is 2. The highest BCUT2D eigenvalue weighted by molar-refractivity contribution is 7.99. The molecule has 0 saturated carbocycles. The second-order valence-corrected chi connectivity index (χ2v) is 7.74. The van der Waals surface area contributed by atoms with Gasteiger partial charge in [0.05, 0.1) is 10.6 Å². The molecule has 9 heteroatoms. The number of halogens is 1. The first-order chi connectivity index (χ1) is 12.9. The van der Waals surface area contributed by atoms with E-state index in [0.29, 0.717) is 17.2 Å². The first-order valence-corrected chi connectivity index (χ1v) is 9.91. The molecule has 0 aliphatic carbocycles. The van der Waals surface area contributed by atoms with Gasteiger partial charge in [0.2, 0.25) is 5.82 Å². The van der Waals surface area contributed by atoms with E-state index in [0.717, 1.165) is 24.6 Å². The number of anilines is 4. The molecule has 1 fully saturated rings. The summed E-state index contributed by atoms with van der Waals surface area (Å²) >= 11 is 1.86. The van der Waals surface area contributed by atoms with Crippen molar-refractivity contribution < 1.29 is 9.31 Å². The Morgan fingerprint density at radius 1 is 1.26 bits per heavy atom. The number of nitrogens with zero attached hydrogens (tertiary/aromatic N) is 3. The topological polar surface area (TPSA) is 83.3 Å². The summed E-state index contributed by atoms with van der Waals surface area (Å²) in [5, 5.41) is 17.3. The lowest BCUT2D eigenvalue weighted by atomic mass is 10.2. The summed E-state index contributed by atoms with van der Waals surface area (Å²) in [4.78, 5) is 17.1. The van der Waals surface area contributed by atoms with E-state index in [9.17, 15) is 14.5 Å². The van der Waals surface area contributed by atoms with Gasteiger partial charge in [-0.3, -0.25) is 10.1 Å². The summed E-state index contributed by atoms with van der Waals surface area (Å²) in [6, 6.07) is 7.85. The third kappa shape index (κ3) is 4.79. The van der Waals surface area contributed by atoms with Gasteiger partial charge in [-0.05, 0) is 38.1 Å². The predicted molar refractivity (Wildman–Crippen MR) is 109 cm³/mol.